The smallest absolute Gasteiger partial charge is 0.417 e. The molecule has 0 aliphatic heterocycles. The Morgan fingerprint density at radius 1 is 0.970 bits per heavy atom. The fourth-order valence-electron chi connectivity index (χ4n) is 2.74. The molecule has 0 saturated heterocycles. The van der Waals surface area contributed by atoms with E-state index < -0.39 is 39.3 Å². The van der Waals surface area contributed by atoms with Crippen molar-refractivity contribution < 1.29 is 31.1 Å². The number of anilines is 1. The number of carbonyl (C=O) groups is 1. The molecule has 2 N–H and O–H groups in total. The Kier molecular flexibility index (Phi) is 7.62. The van der Waals surface area contributed by atoms with Gasteiger partial charge in [-0.25, -0.2) is 13.1 Å². The van der Waals surface area contributed by atoms with E-state index in [2.05, 4.69) is 10.0 Å². The second-order valence-corrected chi connectivity index (χ2v) is 8.98. The summed E-state index contributed by atoms with van der Waals surface area (Å²) in [4.78, 5) is 12.0. The molecule has 0 aromatic heterocycles. The third-order valence-corrected chi connectivity index (χ3v) is 6.12. The summed E-state index contributed by atoms with van der Waals surface area (Å²) in [6.45, 7) is -0.370. The molecule has 0 bridgehead atoms. The van der Waals surface area contributed by atoms with E-state index in [9.17, 15) is 26.4 Å². The van der Waals surface area contributed by atoms with E-state index in [0.717, 1.165) is 17.7 Å². The lowest BCUT2D eigenvalue weighted by molar-refractivity contribution is -0.137. The van der Waals surface area contributed by atoms with Crippen molar-refractivity contribution in [2.45, 2.75) is 17.6 Å². The van der Waals surface area contributed by atoms with Gasteiger partial charge in [0.05, 0.1) is 15.5 Å². The van der Waals surface area contributed by atoms with Gasteiger partial charge >= 0.3 is 6.18 Å². The molecule has 1 amide bonds. The second kappa shape index (κ2) is 10.2. The first kappa shape index (κ1) is 24.6. The molecule has 0 unspecified atom stereocenters. The Balaban J connectivity index is 1.55. The number of hydrogen-bond acceptors (Lipinski definition) is 4. The standard InChI is InChI=1S/C22H18ClF3N2O4S/c23-20-11-6-16(12-19(20)22(24,25)26)28-21(29)14-32-17-7-9-18(10-8-17)33(30,31)27-13-15-4-2-1-3-5-15/h1-12,27H,13-14H2,(H,28,29). The minimum Gasteiger partial charge on any atom is -0.484 e. The summed E-state index contributed by atoms with van der Waals surface area (Å²) < 4.78 is 71.3. The van der Waals surface area contributed by atoms with Crippen LogP contribution in [-0.2, 0) is 27.5 Å². The molecule has 33 heavy (non-hydrogen) atoms. The van der Waals surface area contributed by atoms with Gasteiger partial charge in [0.1, 0.15) is 5.75 Å². The first-order valence-corrected chi connectivity index (χ1v) is 11.3. The van der Waals surface area contributed by atoms with Gasteiger partial charge < -0.3 is 10.1 Å². The van der Waals surface area contributed by atoms with Gasteiger partial charge in [-0.3, -0.25) is 4.79 Å². The minimum absolute atomic E-state index is 0.0103. The molecule has 0 atom stereocenters. The summed E-state index contributed by atoms with van der Waals surface area (Å²) in [6.07, 6.45) is -4.66. The lowest BCUT2D eigenvalue weighted by Crippen LogP contribution is -2.23. The van der Waals surface area contributed by atoms with Crippen LogP contribution >= 0.6 is 11.6 Å². The van der Waals surface area contributed by atoms with Crippen LogP contribution in [0.3, 0.4) is 0 Å². The number of carbonyl (C=O) groups excluding carboxylic acids is 1. The average Bonchev–Trinajstić information content (AvgIpc) is 2.78. The van der Waals surface area contributed by atoms with E-state index in [1.54, 1.807) is 24.3 Å². The number of rotatable bonds is 8. The topological polar surface area (TPSA) is 84.5 Å². The van der Waals surface area contributed by atoms with Gasteiger partial charge in [0.25, 0.3) is 5.91 Å². The highest BCUT2D eigenvalue weighted by atomic mass is 35.5. The van der Waals surface area contributed by atoms with Crippen molar-refractivity contribution in [1.82, 2.24) is 4.72 Å². The van der Waals surface area contributed by atoms with Crippen molar-refractivity contribution in [1.29, 1.82) is 0 Å². The van der Waals surface area contributed by atoms with Gasteiger partial charge in [0.2, 0.25) is 10.0 Å². The number of halogens is 4. The molecule has 0 spiro atoms. The molecule has 3 aromatic carbocycles. The molecule has 11 heteroatoms. The summed E-state index contributed by atoms with van der Waals surface area (Å²) in [5, 5.41) is 1.81. The number of nitrogens with one attached hydrogen (secondary N) is 2. The molecule has 0 fully saturated rings. The maximum Gasteiger partial charge on any atom is 0.417 e. The Bertz CT molecular complexity index is 1220. The van der Waals surface area contributed by atoms with Crippen LogP contribution in [0.5, 0.6) is 5.75 Å². The van der Waals surface area contributed by atoms with E-state index in [1.165, 1.54) is 30.3 Å². The number of ether oxygens (including phenoxy) is 1. The molecule has 0 heterocycles. The Morgan fingerprint density at radius 3 is 2.27 bits per heavy atom. The Hall–Kier alpha value is -3.08. The maximum absolute atomic E-state index is 12.9. The van der Waals surface area contributed by atoms with Gasteiger partial charge in [-0.2, -0.15) is 13.2 Å². The molecule has 0 aliphatic rings. The number of benzene rings is 3. The highest BCUT2D eigenvalue weighted by Crippen LogP contribution is 2.36. The van der Waals surface area contributed by atoms with Crippen LogP contribution in [0, 0.1) is 0 Å². The second-order valence-electron chi connectivity index (χ2n) is 6.81. The Labute approximate surface area is 193 Å². The highest BCUT2D eigenvalue weighted by molar-refractivity contribution is 7.89. The summed E-state index contributed by atoms with van der Waals surface area (Å²) in [5.41, 5.74) is -0.359. The molecular formula is C22H18ClF3N2O4S. The van der Waals surface area contributed by atoms with Crippen molar-refractivity contribution in [3.05, 3.63) is 88.9 Å². The molecule has 3 rings (SSSR count). The normalized spacial score (nSPS) is 11.8. The first-order valence-electron chi connectivity index (χ1n) is 9.48. The van der Waals surface area contributed by atoms with Gasteiger partial charge in [-0.1, -0.05) is 41.9 Å². The summed E-state index contributed by atoms with van der Waals surface area (Å²) >= 11 is 5.55. The molecule has 6 nitrogen and oxygen atoms in total. The zero-order valence-electron chi connectivity index (χ0n) is 16.9. The lowest BCUT2D eigenvalue weighted by atomic mass is 10.2. The van der Waals surface area contributed by atoms with Crippen LogP contribution in [0.15, 0.2) is 77.7 Å². The fraction of sp³-hybridized carbons (Fsp3) is 0.136. The fourth-order valence-corrected chi connectivity index (χ4v) is 3.98. The number of alkyl halides is 3. The van der Waals surface area contributed by atoms with E-state index in [-0.39, 0.29) is 22.9 Å². The van der Waals surface area contributed by atoms with E-state index >= 15 is 0 Å². The van der Waals surface area contributed by atoms with Crippen LogP contribution in [0.25, 0.3) is 0 Å². The van der Waals surface area contributed by atoms with Gasteiger partial charge in [0, 0.05) is 12.2 Å². The van der Waals surface area contributed by atoms with Gasteiger partial charge in [-0.15, -0.1) is 0 Å². The van der Waals surface area contributed by atoms with Crippen LogP contribution in [0.1, 0.15) is 11.1 Å². The Morgan fingerprint density at radius 2 is 1.64 bits per heavy atom. The first-order chi connectivity index (χ1) is 15.5. The van der Waals surface area contributed by atoms with Crippen LogP contribution in [-0.4, -0.2) is 20.9 Å². The number of sulfonamides is 1. The molecular weight excluding hydrogens is 481 g/mol. The van der Waals surface area contributed by atoms with Crippen molar-refractivity contribution in [2.24, 2.45) is 0 Å². The molecule has 0 aliphatic carbocycles. The predicted molar refractivity (Wildman–Crippen MR) is 117 cm³/mol. The van der Waals surface area contributed by atoms with Crippen molar-refractivity contribution in [2.75, 3.05) is 11.9 Å². The van der Waals surface area contributed by atoms with Gasteiger partial charge in [0.15, 0.2) is 6.61 Å². The number of amides is 1. The summed E-state index contributed by atoms with van der Waals surface area (Å²) in [7, 11) is -3.75. The third-order valence-electron chi connectivity index (χ3n) is 4.37. The monoisotopic (exact) mass is 498 g/mol. The minimum atomic E-state index is -4.66. The van der Waals surface area contributed by atoms with Crippen molar-refractivity contribution in [3.8, 4) is 5.75 Å². The van der Waals surface area contributed by atoms with E-state index in [1.807, 2.05) is 6.07 Å². The van der Waals surface area contributed by atoms with Crippen molar-refractivity contribution >= 4 is 33.2 Å². The van der Waals surface area contributed by atoms with E-state index in [0.29, 0.717) is 0 Å². The zero-order valence-corrected chi connectivity index (χ0v) is 18.5. The van der Waals surface area contributed by atoms with Crippen LogP contribution in [0.4, 0.5) is 18.9 Å². The lowest BCUT2D eigenvalue weighted by Gasteiger charge is -2.12. The highest BCUT2D eigenvalue weighted by Gasteiger charge is 2.33. The summed E-state index contributed by atoms with van der Waals surface area (Å²) in [5.74, 6) is -0.495. The molecule has 0 radical (unpaired) electrons. The predicted octanol–water partition coefficient (Wildman–Crippen LogP) is 4.85. The zero-order chi connectivity index (χ0) is 24.1. The molecule has 0 saturated carbocycles. The van der Waals surface area contributed by atoms with E-state index in [4.69, 9.17) is 16.3 Å². The van der Waals surface area contributed by atoms with Gasteiger partial charge in [-0.05, 0) is 48.0 Å². The van der Waals surface area contributed by atoms with Crippen LogP contribution < -0.4 is 14.8 Å². The molecule has 174 valence electrons. The largest absolute Gasteiger partial charge is 0.484 e. The quantitative estimate of drug-likeness (QED) is 0.465. The SMILES string of the molecule is O=C(COc1ccc(S(=O)(=O)NCc2ccccc2)cc1)Nc1ccc(Cl)c(C(F)(F)F)c1. The van der Waals surface area contributed by atoms with Crippen LogP contribution in [0.2, 0.25) is 5.02 Å². The molecule has 3 aromatic rings. The maximum atomic E-state index is 12.9. The number of hydrogen-bond donors (Lipinski definition) is 2. The summed E-state index contributed by atoms with van der Waals surface area (Å²) in [6, 6.07) is 17.4. The van der Waals surface area contributed by atoms with Crippen molar-refractivity contribution in [3.63, 3.8) is 0 Å². The average molecular weight is 499 g/mol. The third kappa shape index (κ3) is 6.95.